The van der Waals surface area contributed by atoms with Gasteiger partial charge in [-0.05, 0) is 18.6 Å². The zero-order valence-electron chi connectivity index (χ0n) is 12.2. The molecule has 1 aromatic heterocycles. The molecule has 0 unspecified atom stereocenters. The third-order valence-corrected chi connectivity index (χ3v) is 3.88. The van der Waals surface area contributed by atoms with Gasteiger partial charge in [-0.25, -0.2) is 0 Å². The standard InChI is InChI=1S/C16H19N2O.Rb/c1-11-6-5-7-12-10-14(18-15(11)12)16(19)17-13-8-3-2-4-9-13;/h2,5-7,10,13,18H,3-4,8-9H2,1H3,(H,17,19);/q-1;+1. The largest absolute Gasteiger partial charge is 1.00 e. The van der Waals surface area contributed by atoms with Crippen LogP contribution in [-0.4, -0.2) is 16.9 Å². The first kappa shape index (κ1) is 16.4. The first-order valence-corrected chi connectivity index (χ1v) is 6.95. The molecule has 1 fully saturated rings. The molecule has 20 heavy (non-hydrogen) atoms. The van der Waals surface area contributed by atoms with Crippen LogP contribution < -0.4 is 63.5 Å². The number of fused-ring (bicyclic) bond motifs is 1. The summed E-state index contributed by atoms with van der Waals surface area (Å²) in [6.45, 7) is 2.05. The number of rotatable bonds is 2. The van der Waals surface area contributed by atoms with Crippen molar-refractivity contribution in [3.05, 3.63) is 41.9 Å². The van der Waals surface area contributed by atoms with Crippen molar-refractivity contribution in [2.45, 2.75) is 38.6 Å². The van der Waals surface area contributed by atoms with Crippen LogP contribution in [0.2, 0.25) is 0 Å². The molecule has 1 aromatic carbocycles. The van der Waals surface area contributed by atoms with E-state index < -0.39 is 0 Å². The van der Waals surface area contributed by atoms with E-state index in [-0.39, 0.29) is 64.1 Å². The van der Waals surface area contributed by atoms with Gasteiger partial charge in [0.25, 0.3) is 5.91 Å². The second-order valence-electron chi connectivity index (χ2n) is 5.34. The molecule has 0 spiro atoms. The molecular formula is C16H19N2ORb. The molecule has 100 valence electrons. The van der Waals surface area contributed by atoms with Crippen molar-refractivity contribution in [3.8, 4) is 0 Å². The van der Waals surface area contributed by atoms with E-state index >= 15 is 0 Å². The molecule has 4 heteroatoms. The van der Waals surface area contributed by atoms with Crippen LogP contribution in [0.15, 0.2) is 24.3 Å². The van der Waals surface area contributed by atoms with Gasteiger partial charge in [-0.1, -0.05) is 31.0 Å². The van der Waals surface area contributed by atoms with Crippen molar-refractivity contribution < 1.29 is 63.0 Å². The van der Waals surface area contributed by atoms with Crippen molar-refractivity contribution in [3.63, 3.8) is 0 Å². The number of H-pyrrole nitrogens is 1. The van der Waals surface area contributed by atoms with Gasteiger partial charge in [0.1, 0.15) is 5.69 Å². The van der Waals surface area contributed by atoms with E-state index in [0.29, 0.717) is 11.7 Å². The van der Waals surface area contributed by atoms with E-state index in [1.165, 1.54) is 5.56 Å². The molecule has 1 aliphatic rings. The van der Waals surface area contributed by atoms with E-state index in [9.17, 15) is 4.79 Å². The summed E-state index contributed by atoms with van der Waals surface area (Å²) >= 11 is 0. The Kier molecular flexibility index (Phi) is 6.02. The normalized spacial score (nSPS) is 15.8. The predicted molar refractivity (Wildman–Crippen MR) is 77.1 cm³/mol. The molecule has 0 saturated heterocycles. The minimum absolute atomic E-state index is 0. The first-order chi connectivity index (χ1) is 9.24. The quantitative estimate of drug-likeness (QED) is 0.762. The van der Waals surface area contributed by atoms with Crippen LogP contribution in [0.5, 0.6) is 0 Å². The minimum atomic E-state index is 0. The number of aromatic amines is 1. The maximum absolute atomic E-state index is 12.2. The minimum Gasteiger partial charge on any atom is -0.350 e. The van der Waals surface area contributed by atoms with Gasteiger partial charge in [0.15, 0.2) is 0 Å². The van der Waals surface area contributed by atoms with Gasteiger partial charge in [0.2, 0.25) is 0 Å². The molecule has 1 amide bonds. The smallest absolute Gasteiger partial charge is 0.350 e. The summed E-state index contributed by atoms with van der Waals surface area (Å²) in [5.74, 6) is 0.0162. The Hall–Kier alpha value is 0.0352. The molecule has 0 atom stereocenters. The maximum Gasteiger partial charge on any atom is 1.00 e. The summed E-state index contributed by atoms with van der Waals surface area (Å²) in [5.41, 5.74) is 2.90. The summed E-state index contributed by atoms with van der Waals surface area (Å²) < 4.78 is 0. The van der Waals surface area contributed by atoms with Crippen molar-refractivity contribution >= 4 is 16.8 Å². The van der Waals surface area contributed by atoms with Crippen LogP contribution in [0.3, 0.4) is 0 Å². The second-order valence-corrected chi connectivity index (χ2v) is 5.34. The van der Waals surface area contributed by atoms with Crippen LogP contribution in [0.4, 0.5) is 0 Å². The number of aryl methyl sites for hydroxylation is 1. The molecular weight excluding hydrogens is 322 g/mol. The zero-order chi connectivity index (χ0) is 13.2. The molecule has 0 bridgehead atoms. The monoisotopic (exact) mass is 340 g/mol. The van der Waals surface area contributed by atoms with Crippen LogP contribution in [0, 0.1) is 13.3 Å². The fourth-order valence-electron chi connectivity index (χ4n) is 2.76. The summed E-state index contributed by atoms with van der Waals surface area (Å²) in [6.07, 6.45) is 6.64. The van der Waals surface area contributed by atoms with Gasteiger partial charge in [-0.3, -0.25) is 4.79 Å². The second kappa shape index (κ2) is 7.34. The molecule has 2 N–H and O–H groups in total. The summed E-state index contributed by atoms with van der Waals surface area (Å²) in [4.78, 5) is 15.5. The average Bonchev–Trinajstić information content (AvgIpc) is 2.85. The van der Waals surface area contributed by atoms with Gasteiger partial charge >= 0.3 is 58.2 Å². The molecule has 3 rings (SSSR count). The van der Waals surface area contributed by atoms with Gasteiger partial charge in [-0.2, -0.15) is 12.8 Å². The molecule has 1 saturated carbocycles. The number of para-hydroxylation sites is 1. The fraction of sp³-hybridized carbons (Fsp3) is 0.375. The SMILES string of the molecule is Cc1cccc2cc(C(=O)NC3CC[CH-]CC3)[nH]c12.[Rb+]. The molecule has 1 heterocycles. The number of benzene rings is 1. The predicted octanol–water partition coefficient (Wildman–Crippen LogP) is 0.357. The topological polar surface area (TPSA) is 44.9 Å². The van der Waals surface area contributed by atoms with Crippen LogP contribution in [-0.2, 0) is 0 Å². The Labute approximate surface area is 168 Å². The van der Waals surface area contributed by atoms with Crippen LogP contribution in [0.1, 0.15) is 41.7 Å². The fourth-order valence-corrected chi connectivity index (χ4v) is 2.76. The van der Waals surface area contributed by atoms with E-state index in [2.05, 4.69) is 29.7 Å². The molecule has 0 radical (unpaired) electrons. The zero-order valence-corrected chi connectivity index (χ0v) is 17.1. The maximum atomic E-state index is 12.2. The summed E-state index contributed by atoms with van der Waals surface area (Å²) in [5, 5.41) is 4.22. The van der Waals surface area contributed by atoms with Crippen LogP contribution in [0.25, 0.3) is 10.9 Å². The number of nitrogens with one attached hydrogen (secondary N) is 2. The first-order valence-electron chi connectivity index (χ1n) is 6.95. The molecule has 1 aliphatic carbocycles. The summed E-state index contributed by atoms with van der Waals surface area (Å²) in [7, 11) is 0. The van der Waals surface area contributed by atoms with E-state index in [1.54, 1.807) is 0 Å². The van der Waals surface area contributed by atoms with Crippen molar-refractivity contribution in [1.29, 1.82) is 0 Å². The molecule has 2 aromatic rings. The average molecular weight is 341 g/mol. The van der Waals surface area contributed by atoms with E-state index in [4.69, 9.17) is 0 Å². The van der Waals surface area contributed by atoms with Crippen molar-refractivity contribution in [2.75, 3.05) is 0 Å². The summed E-state index contributed by atoms with van der Waals surface area (Å²) in [6, 6.07) is 8.37. The van der Waals surface area contributed by atoms with E-state index in [1.807, 2.05) is 18.2 Å². The number of hydrogen-bond donors (Lipinski definition) is 2. The van der Waals surface area contributed by atoms with Crippen molar-refractivity contribution in [1.82, 2.24) is 10.3 Å². The Morgan fingerprint density at radius 3 is 2.80 bits per heavy atom. The number of aromatic nitrogens is 1. The van der Waals surface area contributed by atoms with Gasteiger partial charge in [-0.15, -0.1) is 0 Å². The molecule has 0 aliphatic heterocycles. The van der Waals surface area contributed by atoms with Gasteiger partial charge < -0.3 is 16.7 Å². The number of amides is 1. The number of carbonyl (C=O) groups is 1. The van der Waals surface area contributed by atoms with Crippen molar-refractivity contribution in [2.24, 2.45) is 0 Å². The Morgan fingerprint density at radius 2 is 2.10 bits per heavy atom. The number of hydrogen-bond acceptors (Lipinski definition) is 1. The van der Waals surface area contributed by atoms with E-state index in [0.717, 1.165) is 36.6 Å². The Bertz CT molecular complexity index is 600. The van der Waals surface area contributed by atoms with Gasteiger partial charge in [0, 0.05) is 16.9 Å². The van der Waals surface area contributed by atoms with Gasteiger partial charge in [0.05, 0.1) is 0 Å². The number of carbonyl (C=O) groups excluding carboxylic acids is 1. The molecule has 3 nitrogen and oxygen atoms in total. The third-order valence-electron chi connectivity index (χ3n) is 3.88. The Morgan fingerprint density at radius 1 is 1.35 bits per heavy atom. The Balaban J connectivity index is 0.00000147. The third kappa shape index (κ3) is 3.62. The van der Waals surface area contributed by atoms with Crippen LogP contribution >= 0.6 is 0 Å².